The number of nitrogen functional groups attached to an aromatic ring is 1. The molecule has 20 heavy (non-hydrogen) atoms. The van der Waals surface area contributed by atoms with E-state index in [9.17, 15) is 8.78 Å². The number of rotatable bonds is 4. The van der Waals surface area contributed by atoms with E-state index in [0.29, 0.717) is 0 Å². The molecule has 0 radical (unpaired) electrons. The van der Waals surface area contributed by atoms with Crippen molar-refractivity contribution in [1.82, 2.24) is 0 Å². The molecule has 2 aromatic carbocycles. The Labute approximate surface area is 119 Å². The molecular weight excluding hydrogens is 286 g/mol. The lowest BCUT2D eigenvalue weighted by Gasteiger charge is -2.12. The zero-order valence-corrected chi connectivity index (χ0v) is 11.0. The van der Waals surface area contributed by atoms with Crippen LogP contribution in [-0.2, 0) is 6.61 Å². The second kappa shape index (κ2) is 5.88. The van der Waals surface area contributed by atoms with Crippen LogP contribution in [0, 0.1) is 17.0 Å². The van der Waals surface area contributed by atoms with E-state index in [2.05, 4.69) is 0 Å². The highest BCUT2D eigenvalue weighted by Gasteiger charge is 2.12. The highest BCUT2D eigenvalue weighted by molar-refractivity contribution is 6.34. The largest absolute Gasteiger partial charge is 0.488 e. The zero-order valence-electron chi connectivity index (χ0n) is 10.3. The standard InChI is InChI=1S/C14H11ClF2N2O/c15-10-2-1-3-12(13(10)14(18)19)20-7-8-4-5-9(16)6-11(8)17/h1-6H,7H2,(H3,18,19). The van der Waals surface area contributed by atoms with Gasteiger partial charge in [-0.1, -0.05) is 17.7 Å². The van der Waals surface area contributed by atoms with E-state index < -0.39 is 11.6 Å². The molecule has 0 fully saturated rings. The van der Waals surface area contributed by atoms with E-state index in [1.54, 1.807) is 18.2 Å². The number of nitrogens with one attached hydrogen (secondary N) is 1. The van der Waals surface area contributed by atoms with Crippen molar-refractivity contribution in [2.75, 3.05) is 0 Å². The molecule has 0 atom stereocenters. The predicted octanol–water partition coefficient (Wildman–Crippen LogP) is 3.48. The maximum atomic E-state index is 13.5. The normalized spacial score (nSPS) is 10.3. The van der Waals surface area contributed by atoms with Crippen molar-refractivity contribution >= 4 is 17.4 Å². The Hall–Kier alpha value is -2.14. The SMILES string of the molecule is N=C(N)c1c(Cl)cccc1OCc1ccc(F)cc1F. The number of hydrogen-bond acceptors (Lipinski definition) is 2. The number of amidine groups is 1. The second-order valence-corrected chi connectivity index (χ2v) is 4.46. The minimum atomic E-state index is -0.698. The van der Waals surface area contributed by atoms with E-state index in [4.69, 9.17) is 27.5 Å². The Kier molecular flexibility index (Phi) is 4.20. The van der Waals surface area contributed by atoms with E-state index in [-0.39, 0.29) is 34.3 Å². The number of ether oxygens (including phenoxy) is 1. The van der Waals surface area contributed by atoms with Crippen LogP contribution in [0.15, 0.2) is 36.4 Å². The molecule has 6 heteroatoms. The summed E-state index contributed by atoms with van der Waals surface area (Å²) in [4.78, 5) is 0. The lowest BCUT2D eigenvalue weighted by Crippen LogP contribution is -2.14. The molecule has 2 aromatic rings. The molecule has 0 aromatic heterocycles. The minimum Gasteiger partial charge on any atom is -0.488 e. The van der Waals surface area contributed by atoms with Crippen LogP contribution < -0.4 is 10.5 Å². The first-order valence-corrected chi connectivity index (χ1v) is 6.06. The summed E-state index contributed by atoms with van der Waals surface area (Å²) in [6.07, 6.45) is 0. The molecule has 0 bridgehead atoms. The Bertz CT molecular complexity index is 662. The zero-order chi connectivity index (χ0) is 14.7. The van der Waals surface area contributed by atoms with Crippen molar-refractivity contribution in [3.8, 4) is 5.75 Å². The molecule has 2 rings (SSSR count). The van der Waals surface area contributed by atoms with E-state index in [1.165, 1.54) is 6.07 Å². The van der Waals surface area contributed by atoms with Crippen molar-refractivity contribution in [2.45, 2.75) is 6.61 Å². The van der Waals surface area contributed by atoms with Crippen LogP contribution in [0.4, 0.5) is 8.78 Å². The van der Waals surface area contributed by atoms with E-state index >= 15 is 0 Å². The Balaban J connectivity index is 2.23. The van der Waals surface area contributed by atoms with Crippen molar-refractivity contribution in [3.63, 3.8) is 0 Å². The van der Waals surface area contributed by atoms with Gasteiger partial charge in [0.2, 0.25) is 0 Å². The lowest BCUT2D eigenvalue weighted by molar-refractivity contribution is 0.299. The van der Waals surface area contributed by atoms with E-state index in [0.717, 1.165) is 12.1 Å². The van der Waals surface area contributed by atoms with Gasteiger partial charge >= 0.3 is 0 Å². The fourth-order valence-electron chi connectivity index (χ4n) is 1.68. The van der Waals surface area contributed by atoms with Crippen LogP contribution in [0.25, 0.3) is 0 Å². The van der Waals surface area contributed by atoms with Crippen molar-refractivity contribution in [2.24, 2.45) is 5.73 Å². The van der Waals surface area contributed by atoms with Gasteiger partial charge < -0.3 is 10.5 Å². The fraction of sp³-hybridized carbons (Fsp3) is 0.0714. The lowest BCUT2D eigenvalue weighted by atomic mass is 10.1. The summed E-state index contributed by atoms with van der Waals surface area (Å²) in [6.45, 7) is -0.118. The Morgan fingerprint density at radius 2 is 2.00 bits per heavy atom. The van der Waals surface area contributed by atoms with Gasteiger partial charge in [0.25, 0.3) is 0 Å². The quantitative estimate of drug-likeness (QED) is 0.670. The second-order valence-electron chi connectivity index (χ2n) is 4.05. The Morgan fingerprint density at radius 3 is 2.65 bits per heavy atom. The fourth-order valence-corrected chi connectivity index (χ4v) is 1.95. The summed E-state index contributed by atoms with van der Waals surface area (Å²) in [6, 6.07) is 8.00. The van der Waals surface area contributed by atoms with Crippen molar-refractivity contribution in [1.29, 1.82) is 5.41 Å². The molecule has 104 valence electrons. The first kappa shape index (κ1) is 14.3. The van der Waals surface area contributed by atoms with Gasteiger partial charge in [-0.2, -0.15) is 0 Å². The first-order valence-electron chi connectivity index (χ1n) is 5.68. The topological polar surface area (TPSA) is 59.1 Å². The molecule has 0 spiro atoms. The van der Waals surface area contributed by atoms with Crippen LogP contribution in [0.1, 0.15) is 11.1 Å². The van der Waals surface area contributed by atoms with Gasteiger partial charge in [0.15, 0.2) is 0 Å². The predicted molar refractivity (Wildman–Crippen MR) is 73.2 cm³/mol. The average Bonchev–Trinajstić information content (AvgIpc) is 2.37. The molecule has 0 aliphatic rings. The van der Waals surface area contributed by atoms with Crippen LogP contribution in [0.3, 0.4) is 0 Å². The third kappa shape index (κ3) is 3.05. The Morgan fingerprint density at radius 1 is 1.25 bits per heavy atom. The maximum Gasteiger partial charge on any atom is 0.132 e. The summed E-state index contributed by atoms with van der Waals surface area (Å²) < 4.78 is 31.7. The van der Waals surface area contributed by atoms with Gasteiger partial charge in [-0.15, -0.1) is 0 Å². The van der Waals surface area contributed by atoms with E-state index in [1.807, 2.05) is 0 Å². The molecule has 0 aliphatic heterocycles. The van der Waals surface area contributed by atoms with Crippen LogP contribution in [-0.4, -0.2) is 5.84 Å². The molecule has 0 heterocycles. The van der Waals surface area contributed by atoms with Crippen LogP contribution in [0.5, 0.6) is 5.75 Å². The van der Waals surface area contributed by atoms with Crippen LogP contribution in [0.2, 0.25) is 5.02 Å². The van der Waals surface area contributed by atoms with Gasteiger partial charge in [-0.05, 0) is 24.3 Å². The molecular formula is C14H11ClF2N2O. The van der Waals surface area contributed by atoms with Gasteiger partial charge in [-0.25, -0.2) is 8.78 Å². The minimum absolute atomic E-state index is 0.118. The first-order chi connectivity index (χ1) is 9.49. The molecule has 0 unspecified atom stereocenters. The number of nitrogens with two attached hydrogens (primary N) is 1. The summed E-state index contributed by atoms with van der Waals surface area (Å²) in [7, 11) is 0. The molecule has 0 amide bonds. The third-order valence-corrected chi connectivity index (χ3v) is 2.96. The smallest absolute Gasteiger partial charge is 0.132 e. The average molecular weight is 297 g/mol. The monoisotopic (exact) mass is 296 g/mol. The van der Waals surface area contributed by atoms with Gasteiger partial charge in [0.05, 0.1) is 10.6 Å². The third-order valence-electron chi connectivity index (χ3n) is 2.64. The summed E-state index contributed by atoms with van der Waals surface area (Å²) in [5.74, 6) is -1.33. The highest BCUT2D eigenvalue weighted by Crippen LogP contribution is 2.26. The maximum absolute atomic E-state index is 13.5. The van der Waals surface area contributed by atoms with Gasteiger partial charge in [0.1, 0.15) is 29.8 Å². The molecule has 0 saturated heterocycles. The highest BCUT2D eigenvalue weighted by atomic mass is 35.5. The van der Waals surface area contributed by atoms with Gasteiger partial charge in [-0.3, -0.25) is 5.41 Å². The van der Waals surface area contributed by atoms with Crippen LogP contribution >= 0.6 is 11.6 Å². The summed E-state index contributed by atoms with van der Waals surface area (Å²) >= 11 is 5.93. The number of benzene rings is 2. The van der Waals surface area contributed by atoms with Gasteiger partial charge in [0, 0.05) is 11.6 Å². The summed E-state index contributed by atoms with van der Waals surface area (Å²) in [5.41, 5.74) is 5.87. The molecule has 0 aliphatic carbocycles. The molecule has 3 nitrogen and oxygen atoms in total. The summed E-state index contributed by atoms with van der Waals surface area (Å²) in [5, 5.41) is 7.73. The number of hydrogen-bond donors (Lipinski definition) is 2. The number of halogens is 3. The van der Waals surface area contributed by atoms with Crippen molar-refractivity contribution < 1.29 is 13.5 Å². The molecule has 0 saturated carbocycles. The van der Waals surface area contributed by atoms with Crippen molar-refractivity contribution in [3.05, 3.63) is 64.2 Å². The molecule has 3 N–H and O–H groups in total.